The van der Waals surface area contributed by atoms with Gasteiger partial charge in [-0.3, -0.25) is 0 Å². The molecule has 0 saturated heterocycles. The Morgan fingerprint density at radius 1 is 1.21 bits per heavy atom. The van der Waals surface area contributed by atoms with Crippen LogP contribution in [0.3, 0.4) is 0 Å². The van der Waals surface area contributed by atoms with Gasteiger partial charge in [0.1, 0.15) is 5.75 Å². The van der Waals surface area contributed by atoms with Gasteiger partial charge in [-0.25, -0.2) is 0 Å². The molecule has 1 unspecified atom stereocenters. The van der Waals surface area contributed by atoms with E-state index in [1.165, 1.54) is 27.4 Å². The summed E-state index contributed by atoms with van der Waals surface area (Å²) in [6.07, 6.45) is 2.24. The van der Waals surface area contributed by atoms with Crippen molar-refractivity contribution in [3.8, 4) is 5.75 Å². The highest BCUT2D eigenvalue weighted by Gasteiger charge is 2.40. The van der Waals surface area contributed by atoms with Gasteiger partial charge in [0.05, 0.1) is 18.5 Å². The van der Waals surface area contributed by atoms with Crippen molar-refractivity contribution in [2.75, 3.05) is 25.1 Å². The number of rotatable bonds is 4. The van der Waals surface area contributed by atoms with Crippen LogP contribution in [0.15, 0.2) is 53.6 Å². The number of benzene rings is 2. The van der Waals surface area contributed by atoms with Crippen molar-refractivity contribution >= 4 is 23.1 Å². The van der Waals surface area contributed by atoms with Crippen molar-refractivity contribution in [2.45, 2.75) is 17.3 Å². The van der Waals surface area contributed by atoms with Gasteiger partial charge in [0, 0.05) is 30.3 Å². The number of anilines is 1. The molecule has 24 heavy (non-hydrogen) atoms. The lowest BCUT2D eigenvalue weighted by Crippen LogP contribution is -2.37. The topological polar surface area (TPSA) is 41.7 Å². The van der Waals surface area contributed by atoms with E-state index in [1.807, 2.05) is 17.8 Å². The average Bonchev–Trinajstić information content (AvgIpc) is 3.11. The summed E-state index contributed by atoms with van der Waals surface area (Å²) in [4.78, 5) is 6.00. The van der Waals surface area contributed by atoms with Crippen molar-refractivity contribution in [1.82, 2.24) is 4.90 Å². The summed E-state index contributed by atoms with van der Waals surface area (Å²) in [5, 5.41) is 0. The summed E-state index contributed by atoms with van der Waals surface area (Å²) in [6.45, 7) is 3.59. The normalized spacial score (nSPS) is 18.5. The molecule has 5 heteroatoms. The van der Waals surface area contributed by atoms with E-state index in [4.69, 9.17) is 10.5 Å². The van der Waals surface area contributed by atoms with E-state index in [0.29, 0.717) is 6.54 Å². The van der Waals surface area contributed by atoms with Gasteiger partial charge in [-0.2, -0.15) is 0 Å². The van der Waals surface area contributed by atoms with E-state index in [2.05, 4.69) is 59.3 Å². The third kappa shape index (κ3) is 2.44. The van der Waals surface area contributed by atoms with Gasteiger partial charge in [0.2, 0.25) is 0 Å². The SMILES string of the molecule is COc1ccc2c(c1)N1C=C(c3cccc(C)c3)N(CCN)C1S2. The van der Waals surface area contributed by atoms with E-state index in [9.17, 15) is 0 Å². The summed E-state index contributed by atoms with van der Waals surface area (Å²) >= 11 is 1.87. The Kier molecular flexibility index (Phi) is 3.90. The maximum absolute atomic E-state index is 5.90. The molecule has 2 aromatic rings. The molecule has 4 rings (SSSR count). The molecule has 2 aromatic carbocycles. The first-order valence-corrected chi connectivity index (χ1v) is 8.98. The van der Waals surface area contributed by atoms with E-state index in [0.717, 1.165) is 12.3 Å². The second kappa shape index (κ2) is 6.07. The number of thioether (sulfide) groups is 1. The number of hydrogen-bond donors (Lipinski definition) is 1. The molecule has 0 spiro atoms. The molecular formula is C19H21N3OS. The Hall–Kier alpha value is -2.11. The van der Waals surface area contributed by atoms with E-state index >= 15 is 0 Å². The van der Waals surface area contributed by atoms with Crippen molar-refractivity contribution in [3.63, 3.8) is 0 Å². The van der Waals surface area contributed by atoms with Crippen LogP contribution in [0.5, 0.6) is 5.75 Å². The van der Waals surface area contributed by atoms with Crippen LogP contribution >= 0.6 is 11.8 Å². The molecular weight excluding hydrogens is 318 g/mol. The van der Waals surface area contributed by atoms with E-state index in [1.54, 1.807) is 7.11 Å². The number of methoxy groups -OCH3 is 1. The van der Waals surface area contributed by atoms with Crippen LogP contribution in [0.25, 0.3) is 5.70 Å². The monoisotopic (exact) mass is 339 g/mol. The highest BCUT2D eigenvalue weighted by molar-refractivity contribution is 8.00. The Balaban J connectivity index is 1.77. The molecule has 2 heterocycles. The van der Waals surface area contributed by atoms with Crippen molar-refractivity contribution < 1.29 is 4.74 Å². The third-order valence-corrected chi connectivity index (χ3v) is 5.73. The highest BCUT2D eigenvalue weighted by atomic mass is 32.2. The average molecular weight is 339 g/mol. The molecule has 2 aliphatic heterocycles. The summed E-state index contributed by atoms with van der Waals surface area (Å²) in [7, 11) is 1.71. The van der Waals surface area contributed by atoms with Gasteiger partial charge in [0.25, 0.3) is 0 Å². The van der Waals surface area contributed by atoms with Crippen LogP contribution in [-0.2, 0) is 0 Å². The molecule has 0 aliphatic carbocycles. The summed E-state index contributed by atoms with van der Waals surface area (Å²) in [6, 6.07) is 14.9. The Morgan fingerprint density at radius 2 is 2.08 bits per heavy atom. The van der Waals surface area contributed by atoms with Crippen LogP contribution in [0.4, 0.5) is 5.69 Å². The second-order valence-corrected chi connectivity index (χ2v) is 7.15. The molecule has 0 fully saturated rings. The number of fused-ring (bicyclic) bond motifs is 3. The standard InChI is InChI=1S/C19H21N3OS/c1-13-4-3-5-14(10-13)17-12-22-16-11-15(23-2)6-7-18(16)24-19(22)21(17)9-8-20/h3-7,10-12,19H,8-9,20H2,1-2H3. The first-order valence-electron chi connectivity index (χ1n) is 8.10. The van der Waals surface area contributed by atoms with Crippen LogP contribution < -0.4 is 15.4 Å². The van der Waals surface area contributed by atoms with E-state index in [-0.39, 0.29) is 5.50 Å². The number of hydrogen-bond acceptors (Lipinski definition) is 5. The van der Waals surface area contributed by atoms with Gasteiger partial charge >= 0.3 is 0 Å². The number of ether oxygens (including phenoxy) is 1. The quantitative estimate of drug-likeness (QED) is 0.924. The molecule has 4 nitrogen and oxygen atoms in total. The lowest BCUT2D eigenvalue weighted by atomic mass is 10.1. The van der Waals surface area contributed by atoms with Crippen LogP contribution in [0.1, 0.15) is 11.1 Å². The van der Waals surface area contributed by atoms with Gasteiger partial charge in [-0.15, -0.1) is 0 Å². The first kappa shape index (κ1) is 15.4. The molecule has 2 N–H and O–H groups in total. The second-order valence-electron chi connectivity index (χ2n) is 6.05. The fraction of sp³-hybridized carbons (Fsp3) is 0.263. The van der Waals surface area contributed by atoms with Gasteiger partial charge in [0.15, 0.2) is 5.50 Å². The van der Waals surface area contributed by atoms with Gasteiger partial charge in [-0.05, 0) is 30.7 Å². The van der Waals surface area contributed by atoms with Crippen molar-refractivity contribution in [2.24, 2.45) is 5.73 Å². The minimum atomic E-state index is 0.228. The number of nitrogens with zero attached hydrogens (tertiary/aromatic N) is 2. The molecule has 0 bridgehead atoms. The zero-order valence-electron chi connectivity index (χ0n) is 13.9. The first-order chi connectivity index (χ1) is 11.7. The Morgan fingerprint density at radius 3 is 2.83 bits per heavy atom. The van der Waals surface area contributed by atoms with Crippen LogP contribution in [0.2, 0.25) is 0 Å². The fourth-order valence-electron chi connectivity index (χ4n) is 3.30. The zero-order chi connectivity index (χ0) is 16.7. The maximum Gasteiger partial charge on any atom is 0.159 e. The van der Waals surface area contributed by atoms with Crippen molar-refractivity contribution in [3.05, 3.63) is 59.8 Å². The maximum atomic E-state index is 5.90. The van der Waals surface area contributed by atoms with E-state index < -0.39 is 0 Å². The smallest absolute Gasteiger partial charge is 0.159 e. The molecule has 0 amide bonds. The third-order valence-electron chi connectivity index (χ3n) is 4.44. The zero-order valence-corrected chi connectivity index (χ0v) is 14.7. The molecule has 124 valence electrons. The largest absolute Gasteiger partial charge is 0.497 e. The lowest BCUT2D eigenvalue weighted by Gasteiger charge is -2.28. The minimum absolute atomic E-state index is 0.228. The van der Waals surface area contributed by atoms with Gasteiger partial charge < -0.3 is 20.3 Å². The molecule has 1 atom stereocenters. The summed E-state index contributed by atoms with van der Waals surface area (Å²) < 4.78 is 5.40. The summed E-state index contributed by atoms with van der Waals surface area (Å²) in [5.74, 6) is 0.887. The lowest BCUT2D eigenvalue weighted by molar-refractivity contribution is 0.408. The molecule has 0 radical (unpaired) electrons. The number of aryl methyl sites for hydroxylation is 1. The highest BCUT2D eigenvalue weighted by Crippen LogP contribution is 2.51. The predicted molar refractivity (Wildman–Crippen MR) is 100 cm³/mol. The van der Waals surface area contributed by atoms with Crippen LogP contribution in [-0.4, -0.2) is 30.6 Å². The van der Waals surface area contributed by atoms with Crippen molar-refractivity contribution in [1.29, 1.82) is 0 Å². The molecule has 0 aromatic heterocycles. The molecule has 0 saturated carbocycles. The minimum Gasteiger partial charge on any atom is -0.497 e. The molecule has 2 aliphatic rings. The van der Waals surface area contributed by atoms with Crippen LogP contribution in [0, 0.1) is 6.92 Å². The summed E-state index contributed by atoms with van der Waals surface area (Å²) in [5.41, 5.74) is 11.1. The number of nitrogens with two attached hydrogens (primary N) is 1. The Bertz CT molecular complexity index is 805. The predicted octanol–water partition coefficient (Wildman–Crippen LogP) is 3.47. The fourth-order valence-corrected chi connectivity index (χ4v) is 4.59. The van der Waals surface area contributed by atoms with Gasteiger partial charge in [-0.1, -0.05) is 35.5 Å². The Labute approximate surface area is 146 Å².